The summed E-state index contributed by atoms with van der Waals surface area (Å²) in [4.78, 5) is 0. The van der Waals surface area contributed by atoms with Crippen LogP contribution >= 0.6 is 0 Å². The zero-order chi connectivity index (χ0) is 11.9. The van der Waals surface area contributed by atoms with E-state index in [-0.39, 0.29) is 11.1 Å². The average molecular weight is 244 g/mol. The van der Waals surface area contributed by atoms with E-state index in [9.17, 15) is 8.42 Å². The standard InChI is InChI=1S/C9H16N4O2S/c1-7(8-4-5-8)13(3)16(14,15)9-6-12(2)11-10-9/h6-8H,4-5H2,1-3H3. The van der Waals surface area contributed by atoms with Crippen molar-refractivity contribution in [3.8, 4) is 0 Å². The van der Waals surface area contributed by atoms with Crippen molar-refractivity contribution in [2.45, 2.75) is 30.8 Å². The Morgan fingerprint density at radius 1 is 1.56 bits per heavy atom. The fraction of sp³-hybridized carbons (Fsp3) is 0.778. The molecule has 1 saturated carbocycles. The third-order valence-electron chi connectivity index (χ3n) is 3.10. The molecule has 90 valence electrons. The Kier molecular flexibility index (Phi) is 2.75. The molecule has 0 aromatic carbocycles. The van der Waals surface area contributed by atoms with Gasteiger partial charge in [-0.15, -0.1) is 5.10 Å². The van der Waals surface area contributed by atoms with Crippen LogP contribution in [0.5, 0.6) is 0 Å². The van der Waals surface area contributed by atoms with Crippen molar-refractivity contribution < 1.29 is 8.42 Å². The molecule has 1 aromatic rings. The van der Waals surface area contributed by atoms with E-state index < -0.39 is 10.0 Å². The molecule has 0 amide bonds. The largest absolute Gasteiger partial charge is 0.264 e. The van der Waals surface area contributed by atoms with Crippen molar-refractivity contribution in [3.63, 3.8) is 0 Å². The summed E-state index contributed by atoms with van der Waals surface area (Å²) in [5.41, 5.74) is 0. The first-order valence-electron chi connectivity index (χ1n) is 5.27. The quantitative estimate of drug-likeness (QED) is 0.760. The summed E-state index contributed by atoms with van der Waals surface area (Å²) in [5.74, 6) is 0.497. The second kappa shape index (κ2) is 3.81. The highest BCUT2D eigenvalue weighted by Crippen LogP contribution is 2.36. The summed E-state index contributed by atoms with van der Waals surface area (Å²) in [7, 11) is -0.230. The number of aromatic nitrogens is 3. The second-order valence-electron chi connectivity index (χ2n) is 4.33. The van der Waals surface area contributed by atoms with Crippen molar-refractivity contribution in [1.29, 1.82) is 0 Å². The summed E-state index contributed by atoms with van der Waals surface area (Å²) in [6, 6.07) is 0.0343. The van der Waals surface area contributed by atoms with Gasteiger partial charge in [-0.2, -0.15) is 4.31 Å². The van der Waals surface area contributed by atoms with Crippen molar-refractivity contribution in [3.05, 3.63) is 6.20 Å². The fourth-order valence-electron chi connectivity index (χ4n) is 1.69. The molecule has 2 rings (SSSR count). The number of sulfonamides is 1. The van der Waals surface area contributed by atoms with Gasteiger partial charge in [0.05, 0.1) is 6.20 Å². The van der Waals surface area contributed by atoms with Crippen LogP contribution in [0.4, 0.5) is 0 Å². The zero-order valence-electron chi connectivity index (χ0n) is 9.66. The first-order chi connectivity index (χ1) is 7.43. The minimum Gasteiger partial charge on any atom is -0.254 e. The summed E-state index contributed by atoms with van der Waals surface area (Å²) < 4.78 is 27.0. The molecular formula is C9H16N4O2S. The van der Waals surface area contributed by atoms with Crippen molar-refractivity contribution in [2.24, 2.45) is 13.0 Å². The summed E-state index contributed by atoms with van der Waals surface area (Å²) in [6.45, 7) is 1.94. The van der Waals surface area contributed by atoms with Crippen molar-refractivity contribution in [1.82, 2.24) is 19.3 Å². The van der Waals surface area contributed by atoms with Crippen molar-refractivity contribution >= 4 is 10.0 Å². The molecule has 1 unspecified atom stereocenters. The van der Waals surface area contributed by atoms with Crippen LogP contribution in [-0.4, -0.2) is 40.8 Å². The van der Waals surface area contributed by atoms with E-state index in [1.165, 1.54) is 15.2 Å². The van der Waals surface area contributed by atoms with Gasteiger partial charge in [-0.3, -0.25) is 4.68 Å². The van der Waals surface area contributed by atoms with Crippen LogP contribution in [0.3, 0.4) is 0 Å². The first kappa shape index (κ1) is 11.5. The molecule has 1 fully saturated rings. The van der Waals surface area contributed by atoms with Crippen LogP contribution in [0.1, 0.15) is 19.8 Å². The number of hydrogen-bond acceptors (Lipinski definition) is 4. The van der Waals surface area contributed by atoms with Gasteiger partial charge in [0, 0.05) is 20.1 Å². The Bertz CT molecular complexity index is 477. The smallest absolute Gasteiger partial charge is 0.254 e. The monoisotopic (exact) mass is 244 g/mol. The number of aryl methyl sites for hydroxylation is 1. The van der Waals surface area contributed by atoms with Gasteiger partial charge in [0.2, 0.25) is 5.03 Å². The normalized spacial score (nSPS) is 19.0. The molecule has 7 heteroatoms. The molecule has 16 heavy (non-hydrogen) atoms. The minimum absolute atomic E-state index is 0.0185. The van der Waals surface area contributed by atoms with Gasteiger partial charge in [-0.05, 0) is 25.7 Å². The molecule has 1 aliphatic rings. The summed E-state index contributed by atoms with van der Waals surface area (Å²) >= 11 is 0. The summed E-state index contributed by atoms with van der Waals surface area (Å²) in [6.07, 6.45) is 3.65. The molecule has 1 aliphatic carbocycles. The van der Waals surface area contributed by atoms with Crippen LogP contribution in [0.2, 0.25) is 0 Å². The lowest BCUT2D eigenvalue weighted by Gasteiger charge is -2.22. The highest BCUT2D eigenvalue weighted by Gasteiger charge is 2.37. The third kappa shape index (κ3) is 1.97. The lowest BCUT2D eigenvalue weighted by molar-refractivity contribution is 0.355. The molecule has 0 bridgehead atoms. The first-order valence-corrected chi connectivity index (χ1v) is 6.71. The van der Waals surface area contributed by atoms with E-state index in [2.05, 4.69) is 10.3 Å². The van der Waals surface area contributed by atoms with E-state index in [0.29, 0.717) is 5.92 Å². The molecule has 0 saturated heterocycles. The van der Waals surface area contributed by atoms with E-state index in [1.54, 1.807) is 14.1 Å². The fourth-order valence-corrected chi connectivity index (χ4v) is 3.02. The van der Waals surface area contributed by atoms with E-state index in [1.807, 2.05) is 6.92 Å². The van der Waals surface area contributed by atoms with Gasteiger partial charge in [0.25, 0.3) is 10.0 Å². The number of rotatable bonds is 4. The molecule has 1 atom stereocenters. The lowest BCUT2D eigenvalue weighted by Crippen LogP contribution is -2.36. The van der Waals surface area contributed by atoms with Gasteiger partial charge >= 0.3 is 0 Å². The van der Waals surface area contributed by atoms with Crippen molar-refractivity contribution in [2.75, 3.05) is 7.05 Å². The molecule has 0 radical (unpaired) electrons. The van der Waals surface area contributed by atoms with Gasteiger partial charge in [0.15, 0.2) is 0 Å². The molecule has 6 nitrogen and oxygen atoms in total. The van der Waals surface area contributed by atoms with Crippen LogP contribution in [0.15, 0.2) is 11.2 Å². The third-order valence-corrected chi connectivity index (χ3v) is 4.91. The maximum Gasteiger partial charge on any atom is 0.264 e. The zero-order valence-corrected chi connectivity index (χ0v) is 10.5. The van der Waals surface area contributed by atoms with Gasteiger partial charge < -0.3 is 0 Å². The van der Waals surface area contributed by atoms with Crippen LogP contribution in [0, 0.1) is 5.92 Å². The Morgan fingerprint density at radius 3 is 2.62 bits per heavy atom. The van der Waals surface area contributed by atoms with E-state index in [4.69, 9.17) is 0 Å². The van der Waals surface area contributed by atoms with E-state index >= 15 is 0 Å². The predicted molar refractivity (Wildman–Crippen MR) is 58.1 cm³/mol. The Hall–Kier alpha value is -0.950. The molecule has 1 heterocycles. The lowest BCUT2D eigenvalue weighted by atomic mass is 10.2. The van der Waals surface area contributed by atoms with Crippen LogP contribution in [-0.2, 0) is 17.1 Å². The maximum atomic E-state index is 12.1. The minimum atomic E-state index is -3.48. The molecule has 1 aromatic heterocycles. The molecular weight excluding hydrogens is 228 g/mol. The van der Waals surface area contributed by atoms with Crippen LogP contribution < -0.4 is 0 Å². The Labute approximate surface area is 95.3 Å². The predicted octanol–water partition coefficient (Wildman–Crippen LogP) is 0.234. The topological polar surface area (TPSA) is 68.1 Å². The SMILES string of the molecule is CC(C1CC1)N(C)S(=O)(=O)c1cn(C)nn1. The average Bonchev–Trinajstić information content (AvgIpc) is 2.98. The Morgan fingerprint density at radius 2 is 2.19 bits per heavy atom. The molecule has 0 N–H and O–H groups in total. The van der Waals surface area contributed by atoms with Gasteiger partial charge in [-0.25, -0.2) is 8.42 Å². The molecule has 0 aliphatic heterocycles. The van der Waals surface area contributed by atoms with E-state index in [0.717, 1.165) is 12.8 Å². The van der Waals surface area contributed by atoms with Crippen LogP contribution in [0.25, 0.3) is 0 Å². The summed E-state index contributed by atoms with van der Waals surface area (Å²) in [5, 5.41) is 7.32. The highest BCUT2D eigenvalue weighted by molar-refractivity contribution is 7.89. The number of hydrogen-bond donors (Lipinski definition) is 0. The second-order valence-corrected chi connectivity index (χ2v) is 6.27. The Balaban J connectivity index is 2.24. The highest BCUT2D eigenvalue weighted by atomic mass is 32.2. The molecule has 0 spiro atoms. The maximum absolute atomic E-state index is 12.1. The van der Waals surface area contributed by atoms with Gasteiger partial charge in [-0.1, -0.05) is 5.21 Å². The van der Waals surface area contributed by atoms with Gasteiger partial charge in [0.1, 0.15) is 0 Å². The number of nitrogens with zero attached hydrogens (tertiary/aromatic N) is 4.